The second kappa shape index (κ2) is 11.5. The number of hydrogen-bond donors (Lipinski definition) is 2. The highest BCUT2D eigenvalue weighted by Crippen LogP contribution is 2.39. The first kappa shape index (κ1) is 29.5. The van der Waals surface area contributed by atoms with Crippen LogP contribution >= 0.6 is 11.8 Å². The summed E-state index contributed by atoms with van der Waals surface area (Å²) >= 11 is -0.197. The van der Waals surface area contributed by atoms with Crippen molar-refractivity contribution in [2.45, 2.75) is 61.7 Å². The number of amides is 1. The molecule has 4 rings (SSSR count). The molecule has 1 heterocycles. The van der Waals surface area contributed by atoms with Crippen molar-refractivity contribution in [3.8, 4) is 0 Å². The quantitative estimate of drug-likeness (QED) is 0.205. The first-order valence-electron chi connectivity index (χ1n) is 12.9. The van der Waals surface area contributed by atoms with Crippen LogP contribution in [-0.4, -0.2) is 50.8 Å². The molecule has 0 fully saturated rings. The minimum atomic E-state index is -4.40. The summed E-state index contributed by atoms with van der Waals surface area (Å²) in [5.74, 6) is -1.73. The van der Waals surface area contributed by atoms with Gasteiger partial charge in [-0.1, -0.05) is 62.9 Å². The summed E-state index contributed by atoms with van der Waals surface area (Å²) in [4.78, 5) is 29.5. The number of nitrogens with zero attached hydrogens (tertiary/aromatic N) is 2. The van der Waals surface area contributed by atoms with Crippen molar-refractivity contribution in [2.24, 2.45) is 0 Å². The third kappa shape index (κ3) is 6.28. The van der Waals surface area contributed by atoms with Crippen LogP contribution in [0.5, 0.6) is 0 Å². The number of carbonyl (C=O) groups excluding carboxylic acids is 1. The fraction of sp³-hybridized carbons (Fsp3) is 0.333. The summed E-state index contributed by atoms with van der Waals surface area (Å²) in [6.45, 7) is 7.71. The van der Waals surface area contributed by atoms with Crippen LogP contribution in [0.2, 0.25) is 0 Å². The molecule has 0 bridgehead atoms. The van der Waals surface area contributed by atoms with E-state index in [1.54, 1.807) is 38.1 Å². The Morgan fingerprint density at radius 2 is 1.70 bits per heavy atom. The number of halogens is 3. The molecule has 3 aromatic rings. The summed E-state index contributed by atoms with van der Waals surface area (Å²) in [7, 11) is 0. The highest BCUT2D eigenvalue weighted by molar-refractivity contribution is 8.00. The Morgan fingerprint density at radius 1 is 1.05 bits per heavy atom. The highest BCUT2D eigenvalue weighted by Gasteiger charge is 2.40. The maximum absolute atomic E-state index is 13.8. The third-order valence-corrected chi connectivity index (χ3v) is 8.11. The van der Waals surface area contributed by atoms with E-state index in [2.05, 4.69) is 6.58 Å². The molecule has 2 N–H and O–H groups in total. The maximum atomic E-state index is 13.8. The molecule has 40 heavy (non-hydrogen) atoms. The van der Waals surface area contributed by atoms with Gasteiger partial charge in [0.2, 0.25) is 0 Å². The Kier molecular flexibility index (Phi) is 8.51. The Bertz CT molecular complexity index is 1420. The zero-order valence-corrected chi connectivity index (χ0v) is 23.1. The van der Waals surface area contributed by atoms with E-state index in [1.807, 2.05) is 29.2 Å². The van der Waals surface area contributed by atoms with Crippen molar-refractivity contribution in [1.29, 1.82) is 0 Å². The molecule has 0 aromatic heterocycles. The molecule has 212 valence electrons. The lowest BCUT2D eigenvalue weighted by Crippen LogP contribution is -2.54. The van der Waals surface area contributed by atoms with Gasteiger partial charge in [-0.3, -0.25) is 4.79 Å². The minimum absolute atomic E-state index is 0.0175. The van der Waals surface area contributed by atoms with Crippen LogP contribution in [0.15, 0.2) is 77.7 Å². The molecular weight excluding hydrogens is 541 g/mol. The van der Waals surface area contributed by atoms with Gasteiger partial charge >= 0.3 is 11.5 Å². The summed E-state index contributed by atoms with van der Waals surface area (Å²) < 4.78 is 38.4. The normalized spacial score (nSPS) is 14.8. The molecule has 0 spiro atoms. The smallest absolute Gasteiger partial charge is 0.446 e. The summed E-state index contributed by atoms with van der Waals surface area (Å²) in [6.07, 6.45) is 0.808. The molecular formula is C30H31F3N2O4S. The predicted octanol–water partition coefficient (Wildman–Crippen LogP) is 6.82. The van der Waals surface area contributed by atoms with E-state index >= 15 is 0 Å². The zero-order valence-electron chi connectivity index (χ0n) is 22.2. The van der Waals surface area contributed by atoms with Gasteiger partial charge in [-0.25, -0.2) is 4.79 Å². The Labute approximate surface area is 235 Å². The second-order valence-corrected chi connectivity index (χ2v) is 11.1. The van der Waals surface area contributed by atoms with Crippen molar-refractivity contribution in [2.75, 3.05) is 11.6 Å². The van der Waals surface area contributed by atoms with Crippen LogP contribution in [0.4, 0.5) is 18.9 Å². The van der Waals surface area contributed by atoms with Crippen LogP contribution in [-0.2, 0) is 11.3 Å². The van der Waals surface area contributed by atoms with Crippen molar-refractivity contribution in [3.05, 3.63) is 83.9 Å². The number of carbonyl (C=O) groups is 2. The summed E-state index contributed by atoms with van der Waals surface area (Å²) in [6, 6.07) is 15.6. The maximum Gasteiger partial charge on any atom is 0.446 e. The number of hydrogen-bond acceptors (Lipinski definition) is 5. The number of rotatable bonds is 10. The Morgan fingerprint density at radius 3 is 2.30 bits per heavy atom. The van der Waals surface area contributed by atoms with Gasteiger partial charge in [-0.15, -0.1) is 0 Å². The first-order chi connectivity index (χ1) is 18.9. The lowest BCUT2D eigenvalue weighted by Gasteiger charge is -2.42. The third-order valence-electron chi connectivity index (χ3n) is 7.37. The van der Waals surface area contributed by atoms with Crippen LogP contribution < -0.4 is 4.90 Å². The van der Waals surface area contributed by atoms with Crippen molar-refractivity contribution < 1.29 is 33.0 Å². The van der Waals surface area contributed by atoms with Gasteiger partial charge in [-0.05, 0) is 65.7 Å². The zero-order chi connectivity index (χ0) is 29.2. The number of fused-ring (bicyclic) bond motifs is 3. The van der Waals surface area contributed by atoms with Gasteiger partial charge in [0.05, 0.1) is 23.5 Å². The van der Waals surface area contributed by atoms with Crippen LogP contribution in [0.25, 0.3) is 10.8 Å². The van der Waals surface area contributed by atoms with E-state index in [4.69, 9.17) is 0 Å². The number of anilines is 1. The van der Waals surface area contributed by atoms with E-state index in [0.717, 1.165) is 10.8 Å². The van der Waals surface area contributed by atoms with E-state index < -0.39 is 29.0 Å². The van der Waals surface area contributed by atoms with Gasteiger partial charge in [0.1, 0.15) is 0 Å². The monoisotopic (exact) mass is 572 g/mol. The molecule has 6 nitrogen and oxygen atoms in total. The van der Waals surface area contributed by atoms with Gasteiger partial charge in [0.25, 0.3) is 5.91 Å². The second-order valence-electron chi connectivity index (χ2n) is 10.00. The van der Waals surface area contributed by atoms with Crippen LogP contribution in [0.3, 0.4) is 0 Å². The molecule has 0 radical (unpaired) electrons. The molecule has 0 saturated carbocycles. The lowest BCUT2D eigenvalue weighted by molar-refractivity contribution is -0.141. The molecule has 3 aromatic carbocycles. The fourth-order valence-electron chi connectivity index (χ4n) is 5.13. The predicted molar refractivity (Wildman–Crippen MR) is 150 cm³/mol. The number of alkyl halides is 3. The number of thioether (sulfide) groups is 1. The van der Waals surface area contributed by atoms with Gasteiger partial charge in [0, 0.05) is 16.8 Å². The van der Waals surface area contributed by atoms with Crippen LogP contribution in [0, 0.1) is 0 Å². The largest absolute Gasteiger partial charge is 0.479 e. The SMILES string of the molecule is C=C(CC(O)(CC)CC)[C@@H](C(=O)O)N1CN(Cc2ccc(SC(F)(F)F)cc2)c2c(ccc3ccccc23)C1=O. The van der Waals surface area contributed by atoms with Crippen LogP contribution in [0.1, 0.15) is 49.0 Å². The van der Waals surface area contributed by atoms with Gasteiger partial charge in [0.15, 0.2) is 6.04 Å². The molecule has 0 aliphatic carbocycles. The topological polar surface area (TPSA) is 81.1 Å². The van der Waals surface area contributed by atoms with E-state index in [9.17, 15) is 33.0 Å². The molecule has 0 unspecified atom stereocenters. The number of aliphatic hydroxyl groups is 1. The van der Waals surface area contributed by atoms with E-state index in [-0.39, 0.29) is 41.9 Å². The molecule has 1 atom stereocenters. The average Bonchev–Trinajstić information content (AvgIpc) is 2.90. The fourth-order valence-corrected chi connectivity index (χ4v) is 5.67. The van der Waals surface area contributed by atoms with Crippen molar-refractivity contribution in [1.82, 2.24) is 4.90 Å². The van der Waals surface area contributed by atoms with Crippen molar-refractivity contribution >= 4 is 40.1 Å². The number of benzene rings is 3. The number of carboxylic acids is 1. The molecule has 1 amide bonds. The Hall–Kier alpha value is -3.50. The Balaban J connectivity index is 1.75. The minimum Gasteiger partial charge on any atom is -0.479 e. The molecule has 10 heteroatoms. The molecule has 1 aliphatic heterocycles. The molecule has 1 aliphatic rings. The molecule has 0 saturated heterocycles. The first-order valence-corrected chi connectivity index (χ1v) is 13.7. The number of carboxylic acid groups (broad SMARTS) is 1. The van der Waals surface area contributed by atoms with Gasteiger partial charge < -0.3 is 20.0 Å². The standard InChI is InChI=1S/C30H31F3N2O4S/c1-4-29(39,5-2)16-19(3)25(28(37)38)35-18-34(17-20-10-13-22(14-11-20)40-30(31,32)33)26-23-9-7-6-8-21(23)12-15-24(26)27(35)36/h6-15,25,39H,3-5,16-18H2,1-2H3,(H,37,38)/t25-/m0/s1. The van der Waals surface area contributed by atoms with Crippen molar-refractivity contribution in [3.63, 3.8) is 0 Å². The highest BCUT2D eigenvalue weighted by atomic mass is 32.2. The van der Waals surface area contributed by atoms with E-state index in [0.29, 0.717) is 29.7 Å². The lowest BCUT2D eigenvalue weighted by atomic mass is 9.86. The van der Waals surface area contributed by atoms with Gasteiger partial charge in [-0.2, -0.15) is 13.2 Å². The number of aliphatic carboxylic acids is 1. The summed E-state index contributed by atoms with van der Waals surface area (Å²) in [5.41, 5.74) is -3.70. The average molecular weight is 573 g/mol. The van der Waals surface area contributed by atoms with E-state index in [1.165, 1.54) is 17.0 Å². The summed E-state index contributed by atoms with van der Waals surface area (Å²) in [5, 5.41) is 22.8.